The van der Waals surface area contributed by atoms with E-state index in [0.717, 1.165) is 0 Å². The average molecular weight is 215 g/mol. The minimum atomic E-state index is -0.554. The number of carbonyl (C=O) groups excluding carboxylic acids is 1. The van der Waals surface area contributed by atoms with Gasteiger partial charge in [-0.3, -0.25) is 14.9 Å². The molecule has 6 heteroatoms. The number of non-ortho nitro benzene ring substituents is 1. The lowest BCUT2D eigenvalue weighted by molar-refractivity contribution is -0.384. The highest BCUT2D eigenvalue weighted by molar-refractivity contribution is 6.33. The largest absolute Gasteiger partial charge is 0.325 e. The van der Waals surface area contributed by atoms with Crippen LogP contribution in [0, 0.1) is 10.1 Å². The van der Waals surface area contributed by atoms with Crippen LogP contribution in [0.5, 0.6) is 0 Å². The minimum absolute atomic E-state index is 0.113. The molecule has 0 unspecified atom stereocenters. The van der Waals surface area contributed by atoms with Gasteiger partial charge in [0.15, 0.2) is 0 Å². The lowest BCUT2D eigenvalue weighted by atomic mass is 10.3. The molecule has 0 radical (unpaired) electrons. The molecular formula is C8H7ClN2O3. The van der Waals surface area contributed by atoms with Crippen LogP contribution >= 0.6 is 11.6 Å². The molecule has 0 aliphatic rings. The molecule has 1 aromatic rings. The van der Waals surface area contributed by atoms with Crippen molar-refractivity contribution >= 4 is 28.9 Å². The molecule has 0 aliphatic carbocycles. The molecule has 14 heavy (non-hydrogen) atoms. The monoisotopic (exact) mass is 214 g/mol. The number of benzene rings is 1. The third-order valence-electron chi connectivity index (χ3n) is 1.47. The van der Waals surface area contributed by atoms with E-state index in [-0.39, 0.29) is 22.3 Å². The summed E-state index contributed by atoms with van der Waals surface area (Å²) in [4.78, 5) is 20.6. The van der Waals surface area contributed by atoms with E-state index in [9.17, 15) is 14.9 Å². The van der Waals surface area contributed by atoms with Gasteiger partial charge in [0.1, 0.15) is 0 Å². The van der Waals surface area contributed by atoms with Crippen molar-refractivity contribution in [3.8, 4) is 0 Å². The second-order valence-electron chi connectivity index (χ2n) is 2.60. The van der Waals surface area contributed by atoms with Crippen LogP contribution in [0.25, 0.3) is 0 Å². The molecule has 0 saturated heterocycles. The van der Waals surface area contributed by atoms with Crippen LogP contribution in [0.4, 0.5) is 11.4 Å². The van der Waals surface area contributed by atoms with Gasteiger partial charge in [0.05, 0.1) is 15.6 Å². The fraction of sp³-hybridized carbons (Fsp3) is 0.125. The Morgan fingerprint density at radius 1 is 1.57 bits per heavy atom. The molecule has 0 aromatic heterocycles. The van der Waals surface area contributed by atoms with Crippen LogP contribution in [-0.2, 0) is 4.79 Å². The first-order chi connectivity index (χ1) is 6.50. The maximum atomic E-state index is 10.7. The first kappa shape index (κ1) is 10.5. The van der Waals surface area contributed by atoms with E-state index in [1.54, 1.807) is 0 Å². The van der Waals surface area contributed by atoms with Crippen LogP contribution in [-0.4, -0.2) is 10.8 Å². The van der Waals surface area contributed by atoms with Crippen molar-refractivity contribution in [1.82, 2.24) is 0 Å². The summed E-state index contributed by atoms with van der Waals surface area (Å²) in [5, 5.41) is 13.1. The molecule has 1 rings (SSSR count). The van der Waals surface area contributed by atoms with Crippen molar-refractivity contribution in [3.63, 3.8) is 0 Å². The third-order valence-corrected chi connectivity index (χ3v) is 1.80. The number of carbonyl (C=O) groups is 1. The molecular weight excluding hydrogens is 208 g/mol. The average Bonchev–Trinajstić information content (AvgIpc) is 2.07. The van der Waals surface area contributed by atoms with E-state index < -0.39 is 4.92 Å². The van der Waals surface area contributed by atoms with Crippen molar-refractivity contribution in [2.45, 2.75) is 6.92 Å². The second kappa shape index (κ2) is 4.06. The van der Waals surface area contributed by atoms with Crippen molar-refractivity contribution < 1.29 is 9.72 Å². The first-order valence-electron chi connectivity index (χ1n) is 3.72. The van der Waals surface area contributed by atoms with Crippen molar-refractivity contribution in [3.05, 3.63) is 33.3 Å². The molecule has 0 bridgehead atoms. The number of hydrogen-bond acceptors (Lipinski definition) is 3. The van der Waals surface area contributed by atoms with E-state index in [1.807, 2.05) is 0 Å². The van der Waals surface area contributed by atoms with Gasteiger partial charge >= 0.3 is 0 Å². The highest BCUT2D eigenvalue weighted by atomic mass is 35.5. The van der Waals surface area contributed by atoms with Crippen LogP contribution in [0.15, 0.2) is 18.2 Å². The quantitative estimate of drug-likeness (QED) is 0.606. The zero-order chi connectivity index (χ0) is 10.7. The zero-order valence-corrected chi connectivity index (χ0v) is 8.04. The van der Waals surface area contributed by atoms with Gasteiger partial charge in [-0.2, -0.15) is 0 Å². The van der Waals surface area contributed by atoms with Crippen molar-refractivity contribution in [2.75, 3.05) is 5.32 Å². The molecule has 0 atom stereocenters. The van der Waals surface area contributed by atoms with Crippen LogP contribution < -0.4 is 5.32 Å². The van der Waals surface area contributed by atoms with E-state index in [0.29, 0.717) is 0 Å². The maximum Gasteiger partial charge on any atom is 0.271 e. The van der Waals surface area contributed by atoms with Crippen LogP contribution in [0.3, 0.4) is 0 Å². The Bertz CT molecular complexity index is 392. The van der Waals surface area contributed by atoms with Gasteiger partial charge in [-0.1, -0.05) is 11.6 Å². The summed E-state index contributed by atoms with van der Waals surface area (Å²) in [6, 6.07) is 3.85. The summed E-state index contributed by atoms with van der Waals surface area (Å²) in [5.41, 5.74) is 0.131. The number of amides is 1. The fourth-order valence-corrected chi connectivity index (χ4v) is 1.08. The van der Waals surface area contributed by atoms with E-state index in [2.05, 4.69) is 5.32 Å². The van der Waals surface area contributed by atoms with Crippen LogP contribution in [0.2, 0.25) is 5.02 Å². The van der Waals surface area contributed by atoms with Gasteiger partial charge in [-0.15, -0.1) is 0 Å². The van der Waals surface area contributed by atoms with Gasteiger partial charge in [0.25, 0.3) is 5.69 Å². The lowest BCUT2D eigenvalue weighted by Crippen LogP contribution is -2.06. The van der Waals surface area contributed by atoms with Gasteiger partial charge < -0.3 is 5.32 Å². The molecule has 1 N–H and O–H groups in total. The Balaban J connectivity index is 3.08. The number of nitrogens with one attached hydrogen (secondary N) is 1. The molecule has 74 valence electrons. The molecule has 0 aliphatic heterocycles. The zero-order valence-electron chi connectivity index (χ0n) is 7.28. The topological polar surface area (TPSA) is 72.2 Å². The molecule has 0 fully saturated rings. The predicted molar refractivity (Wildman–Crippen MR) is 52.4 cm³/mol. The Hall–Kier alpha value is -1.62. The van der Waals surface area contributed by atoms with Gasteiger partial charge in [0.2, 0.25) is 5.91 Å². The summed E-state index contributed by atoms with van der Waals surface area (Å²) in [7, 11) is 0. The van der Waals surface area contributed by atoms with Crippen molar-refractivity contribution in [1.29, 1.82) is 0 Å². The van der Waals surface area contributed by atoms with E-state index in [1.165, 1.54) is 25.1 Å². The highest BCUT2D eigenvalue weighted by Gasteiger charge is 2.09. The van der Waals surface area contributed by atoms with Crippen LogP contribution in [0.1, 0.15) is 6.92 Å². The second-order valence-corrected chi connectivity index (χ2v) is 3.01. The minimum Gasteiger partial charge on any atom is -0.325 e. The summed E-state index contributed by atoms with van der Waals surface area (Å²) in [5.74, 6) is -0.326. The molecule has 1 amide bonds. The number of nitro benzene ring substituents is 1. The molecule has 0 spiro atoms. The first-order valence-corrected chi connectivity index (χ1v) is 4.10. The number of hydrogen-bond donors (Lipinski definition) is 1. The normalized spacial score (nSPS) is 9.57. The predicted octanol–water partition coefficient (Wildman–Crippen LogP) is 2.21. The Kier molecular flexibility index (Phi) is 3.03. The van der Waals surface area contributed by atoms with E-state index in [4.69, 9.17) is 11.6 Å². The summed E-state index contributed by atoms with van der Waals surface area (Å²) in [6.45, 7) is 1.30. The molecule has 1 aromatic carbocycles. The van der Waals surface area contributed by atoms with E-state index >= 15 is 0 Å². The van der Waals surface area contributed by atoms with Gasteiger partial charge in [-0.25, -0.2) is 0 Å². The van der Waals surface area contributed by atoms with Gasteiger partial charge in [0, 0.05) is 19.1 Å². The molecule has 5 nitrogen and oxygen atoms in total. The number of rotatable bonds is 2. The Morgan fingerprint density at radius 3 is 2.71 bits per heavy atom. The fourth-order valence-electron chi connectivity index (χ4n) is 0.912. The van der Waals surface area contributed by atoms with Gasteiger partial charge in [-0.05, 0) is 6.07 Å². The number of nitrogens with zero attached hydrogens (tertiary/aromatic N) is 1. The number of halogens is 1. The smallest absolute Gasteiger partial charge is 0.271 e. The maximum absolute atomic E-state index is 10.7. The highest BCUT2D eigenvalue weighted by Crippen LogP contribution is 2.26. The summed E-state index contributed by atoms with van der Waals surface area (Å²) < 4.78 is 0. The molecule has 0 saturated carbocycles. The third kappa shape index (κ3) is 2.43. The Morgan fingerprint density at radius 2 is 2.21 bits per heavy atom. The summed E-state index contributed by atoms with van der Waals surface area (Å²) in [6.07, 6.45) is 0. The number of nitro groups is 1. The Labute approximate surface area is 84.8 Å². The SMILES string of the molecule is CC(=O)Nc1cc([N+](=O)[O-])ccc1Cl. The molecule has 0 heterocycles. The standard InChI is InChI=1S/C8H7ClN2O3/c1-5(12)10-8-4-6(11(13)14)2-3-7(8)9/h2-4H,1H3,(H,10,12). The number of anilines is 1. The lowest BCUT2D eigenvalue weighted by Gasteiger charge is -2.03. The van der Waals surface area contributed by atoms with Crippen molar-refractivity contribution in [2.24, 2.45) is 0 Å². The summed E-state index contributed by atoms with van der Waals surface area (Å²) >= 11 is 5.71.